The van der Waals surface area contributed by atoms with E-state index in [4.69, 9.17) is 66.3 Å². The van der Waals surface area contributed by atoms with E-state index in [9.17, 15) is 122 Å². The van der Waals surface area contributed by atoms with Gasteiger partial charge in [-0.3, -0.25) is 9.59 Å². The fourth-order valence-corrected chi connectivity index (χ4v) is 11.6. The monoisotopic (exact) mass is 1350 g/mol. The highest BCUT2D eigenvalue weighted by Gasteiger charge is 2.59. The molecule has 0 bridgehead atoms. The molecule has 40 heteroatoms. The number of rotatable bonds is 25. The second-order valence-electron chi connectivity index (χ2n) is 23.6. The van der Waals surface area contributed by atoms with E-state index in [1.54, 1.807) is 0 Å². The third-order valence-electron chi connectivity index (χ3n) is 17.0. The van der Waals surface area contributed by atoms with Gasteiger partial charge in [0.05, 0.1) is 64.0 Å². The van der Waals surface area contributed by atoms with Crippen molar-refractivity contribution in [2.75, 3.05) is 39.6 Å². The predicted octanol–water partition coefficient (Wildman–Crippen LogP) is -15.4. The van der Waals surface area contributed by atoms with Gasteiger partial charge in [0.2, 0.25) is 11.8 Å². The normalized spacial score (nSPS) is 48.4. The first-order valence-electron chi connectivity index (χ1n) is 29.6. The number of hydrogen-bond donors (Lipinski definition) is 24. The van der Waals surface area contributed by atoms with Crippen LogP contribution < -0.4 is 10.6 Å². The Morgan fingerprint density at radius 2 is 0.772 bits per heavy atom. The number of carbonyl (C=O) groups is 2. The molecule has 40 nitrogen and oxygen atoms in total. The highest BCUT2D eigenvalue weighted by atomic mass is 16.8. The van der Waals surface area contributed by atoms with E-state index >= 15 is 0 Å². The van der Waals surface area contributed by atoms with Crippen LogP contribution >= 0.6 is 0 Å². The standard InChI is InChI=1S/C52H90N2O38/c1-12-24(63)31(70)36(75)47(80-12)89-42-23(54-16(5)61)46(79-11-18(62)27(66)40(17(6-55)53-15(4)60)87-51-44(35(74)29(68)20(8-57)84-51)91-48-37(76)32(71)25(64)13(2)81-48)86-22(10-59)41(42)88-52-45(92-49-38(77)33(72)26(65)14(3)82-49)43(30(69)21(9-58)85-52)90-50-39(78)34(73)28(67)19(7-56)83-50/h12-14,17-52,55-59,62-78H,6-11H2,1-5H3,(H,53,60)(H,54,61)/t12-,13-,14-,17-,18+,19+,20+,21+,22+,23+,24+,25+,26+,27-,28-,29-,30-,31+,32+,33+,34-,35-,36-,37-,38-,39+,40+,41+,42+,43-,44+,45+,46+,47-,48-,49-,50+,51-,52-/m0/s1. The van der Waals surface area contributed by atoms with Crippen molar-refractivity contribution in [1.29, 1.82) is 0 Å². The van der Waals surface area contributed by atoms with Gasteiger partial charge in [0.25, 0.3) is 0 Å². The molecule has 0 aromatic rings. The van der Waals surface area contributed by atoms with Crippen LogP contribution in [0, 0.1) is 0 Å². The molecule has 92 heavy (non-hydrogen) atoms. The van der Waals surface area contributed by atoms with Crippen molar-refractivity contribution in [2.45, 2.75) is 274 Å². The number of ether oxygens (including phenoxy) is 14. The van der Waals surface area contributed by atoms with Crippen molar-refractivity contribution in [3.05, 3.63) is 0 Å². The van der Waals surface area contributed by atoms with Crippen LogP contribution in [0.3, 0.4) is 0 Å². The third kappa shape index (κ3) is 17.0. The predicted molar refractivity (Wildman–Crippen MR) is 286 cm³/mol. The summed E-state index contributed by atoms with van der Waals surface area (Å²) in [6.45, 7) is -0.927. The minimum Gasteiger partial charge on any atom is -0.394 e. The molecule has 7 heterocycles. The molecule has 0 unspecified atom stereocenters. The number of hydrogen-bond acceptors (Lipinski definition) is 38. The molecule has 0 spiro atoms. The largest absolute Gasteiger partial charge is 0.394 e. The Morgan fingerprint density at radius 1 is 0.391 bits per heavy atom. The van der Waals surface area contributed by atoms with Crippen LogP contribution in [-0.4, -0.2) is 403 Å². The minimum absolute atomic E-state index is 0.878. The Morgan fingerprint density at radius 3 is 1.23 bits per heavy atom. The van der Waals surface area contributed by atoms with Crippen molar-refractivity contribution in [2.24, 2.45) is 0 Å². The van der Waals surface area contributed by atoms with Gasteiger partial charge in [-0.15, -0.1) is 0 Å². The summed E-state index contributed by atoms with van der Waals surface area (Å²) in [6, 6.07) is -3.70. The van der Waals surface area contributed by atoms with E-state index in [1.807, 2.05) is 0 Å². The first-order valence-corrected chi connectivity index (χ1v) is 29.6. The summed E-state index contributed by atoms with van der Waals surface area (Å²) in [5.74, 6) is -1.84. The molecular weight excluding hydrogens is 1260 g/mol. The molecule has 2 amide bonds. The maximum absolute atomic E-state index is 13.3. The van der Waals surface area contributed by atoms with Gasteiger partial charge in [-0.25, -0.2) is 0 Å². The molecule has 7 fully saturated rings. The highest BCUT2D eigenvalue weighted by molar-refractivity contribution is 5.73. The quantitative estimate of drug-likeness (QED) is 0.0404. The number of aliphatic hydroxyl groups excluding tert-OH is 22. The van der Waals surface area contributed by atoms with Crippen LogP contribution in [0.25, 0.3) is 0 Å². The first kappa shape index (κ1) is 76.9. The molecule has 0 aliphatic carbocycles. The molecule has 0 aromatic heterocycles. The fourth-order valence-electron chi connectivity index (χ4n) is 11.6. The summed E-state index contributed by atoms with van der Waals surface area (Å²) in [6.07, 6.45) is -73.1. The molecule has 7 aliphatic heterocycles. The molecule has 7 saturated heterocycles. The van der Waals surface area contributed by atoms with Gasteiger partial charge >= 0.3 is 0 Å². The van der Waals surface area contributed by atoms with E-state index in [1.165, 1.54) is 20.8 Å². The van der Waals surface area contributed by atoms with Gasteiger partial charge in [0.15, 0.2) is 44.0 Å². The molecule has 536 valence electrons. The summed E-state index contributed by atoms with van der Waals surface area (Å²) < 4.78 is 83.1. The molecule has 0 aromatic carbocycles. The van der Waals surface area contributed by atoms with Crippen LogP contribution in [0.4, 0.5) is 0 Å². The maximum atomic E-state index is 13.3. The molecule has 24 N–H and O–H groups in total. The highest BCUT2D eigenvalue weighted by Crippen LogP contribution is 2.39. The zero-order chi connectivity index (χ0) is 68.2. The van der Waals surface area contributed by atoms with Crippen molar-refractivity contribution < 1.29 is 188 Å². The SMILES string of the molecule is CC(=O)N[C@H]1[C@H](OC[C@@H](O)[C@H](O)[C@H](O[C@@H]2O[C@H](CO)[C@H](O)[C@H](O)[C@H]2O[C@@H]2O[C@@H](C)[C@@H](O)[C@@H](O)[C@@H]2O)[C@H](CO)NC(C)=O)O[C@H](CO)[C@@H](O[C@@H]2O[C@H](CO)[C@H](O)[C@H](O[C@H]3O[C@H](CO)[C@H](O)[C@H](O)[C@H]3O)[C@H]2O[C@@H]2O[C@@H](C)[C@@H](O)[C@@H](O)[C@@H]2O)[C@@H]1O[C@@H]1O[C@@H](C)[C@@H](O)[C@@H](O)[C@@H]1O. The van der Waals surface area contributed by atoms with Crippen molar-refractivity contribution >= 4 is 11.8 Å². The molecule has 0 radical (unpaired) electrons. The maximum Gasteiger partial charge on any atom is 0.217 e. The molecule has 7 rings (SSSR count). The second-order valence-corrected chi connectivity index (χ2v) is 23.6. The van der Waals surface area contributed by atoms with Crippen LogP contribution in [0.2, 0.25) is 0 Å². The van der Waals surface area contributed by atoms with E-state index < -0.39 is 291 Å². The number of carbonyl (C=O) groups excluding carboxylic acids is 2. The lowest BCUT2D eigenvalue weighted by Crippen LogP contribution is -2.71. The average molecular weight is 1350 g/mol. The van der Waals surface area contributed by atoms with Gasteiger partial charge in [0.1, 0.15) is 171 Å². The zero-order valence-corrected chi connectivity index (χ0v) is 50.1. The van der Waals surface area contributed by atoms with Gasteiger partial charge in [0, 0.05) is 13.8 Å². The Bertz CT molecular complexity index is 2280. The van der Waals surface area contributed by atoms with Gasteiger partial charge in [-0.1, -0.05) is 0 Å². The number of nitrogens with one attached hydrogen (secondary N) is 2. The van der Waals surface area contributed by atoms with Gasteiger partial charge in [-0.05, 0) is 20.8 Å². The van der Waals surface area contributed by atoms with Crippen LogP contribution in [0.15, 0.2) is 0 Å². The van der Waals surface area contributed by atoms with Crippen LogP contribution in [0.5, 0.6) is 0 Å². The van der Waals surface area contributed by atoms with Gasteiger partial charge in [-0.2, -0.15) is 0 Å². The van der Waals surface area contributed by atoms with E-state index in [0.717, 1.165) is 13.8 Å². The topological polar surface area (TPSA) is 632 Å². The first-order chi connectivity index (χ1) is 43.3. The number of aliphatic hydroxyl groups is 22. The smallest absolute Gasteiger partial charge is 0.217 e. The third-order valence-corrected chi connectivity index (χ3v) is 17.0. The minimum atomic E-state index is -2.43. The number of amides is 2. The Balaban J connectivity index is 1.25. The van der Waals surface area contributed by atoms with Crippen molar-refractivity contribution in [3.8, 4) is 0 Å². The molecule has 39 atom stereocenters. The van der Waals surface area contributed by atoms with E-state index in [2.05, 4.69) is 10.6 Å². The summed E-state index contributed by atoms with van der Waals surface area (Å²) in [5, 5.41) is 245. The zero-order valence-electron chi connectivity index (χ0n) is 50.1. The van der Waals surface area contributed by atoms with Crippen LogP contribution in [0.1, 0.15) is 34.6 Å². The van der Waals surface area contributed by atoms with Crippen LogP contribution in [-0.2, 0) is 75.9 Å². The molecular formula is C52H90N2O38. The fraction of sp³-hybridized carbons (Fsp3) is 0.962. The van der Waals surface area contributed by atoms with Gasteiger partial charge < -0.3 is 189 Å². The average Bonchev–Trinajstić information content (AvgIpc) is 1.70. The lowest BCUT2D eigenvalue weighted by Gasteiger charge is -2.52. The second kappa shape index (κ2) is 33.4. The van der Waals surface area contributed by atoms with E-state index in [0.29, 0.717) is 0 Å². The Kier molecular flexibility index (Phi) is 27.9. The lowest BCUT2D eigenvalue weighted by molar-refractivity contribution is -0.408. The van der Waals surface area contributed by atoms with Crippen molar-refractivity contribution in [3.63, 3.8) is 0 Å². The molecule has 7 aliphatic rings. The Hall–Kier alpha value is -2.50. The summed E-state index contributed by atoms with van der Waals surface area (Å²) >= 11 is 0. The lowest BCUT2D eigenvalue weighted by atomic mass is 9.94. The Labute approximate surface area is 523 Å². The summed E-state index contributed by atoms with van der Waals surface area (Å²) in [4.78, 5) is 25.9. The summed E-state index contributed by atoms with van der Waals surface area (Å²) in [7, 11) is 0. The van der Waals surface area contributed by atoms with E-state index in [-0.39, 0.29) is 0 Å². The van der Waals surface area contributed by atoms with Crippen molar-refractivity contribution in [1.82, 2.24) is 10.6 Å². The summed E-state index contributed by atoms with van der Waals surface area (Å²) in [5.41, 5.74) is 0. The molecule has 0 saturated carbocycles.